The highest BCUT2D eigenvalue weighted by molar-refractivity contribution is 7.92. The van der Waals surface area contributed by atoms with Gasteiger partial charge in [0.05, 0.1) is 18.0 Å². The fraction of sp³-hybridized carbons (Fsp3) is 0.278. The molecular weight excluding hydrogens is 376 g/mol. The molecule has 0 fully saturated rings. The molecule has 2 aromatic carbocycles. The molecule has 0 bridgehead atoms. The first kappa shape index (κ1) is 20.2. The van der Waals surface area contributed by atoms with Gasteiger partial charge in [-0.1, -0.05) is 29.8 Å². The highest BCUT2D eigenvalue weighted by atomic mass is 35.5. The minimum Gasteiger partial charge on any atom is -0.367 e. The molecule has 2 rings (SSSR count). The maximum atomic E-state index is 12.0. The van der Waals surface area contributed by atoms with E-state index in [1.807, 2.05) is 18.2 Å². The maximum Gasteiger partial charge on any atom is 0.250 e. The summed E-state index contributed by atoms with van der Waals surface area (Å²) in [7, 11) is -3.34. The van der Waals surface area contributed by atoms with Crippen molar-refractivity contribution in [3.05, 3.63) is 58.6 Å². The van der Waals surface area contributed by atoms with Crippen molar-refractivity contribution in [2.45, 2.75) is 20.5 Å². The third kappa shape index (κ3) is 6.01. The van der Waals surface area contributed by atoms with Gasteiger partial charge in [-0.15, -0.1) is 0 Å². The number of rotatable bonds is 8. The molecule has 2 aromatic rings. The van der Waals surface area contributed by atoms with E-state index in [-0.39, 0.29) is 24.9 Å². The van der Waals surface area contributed by atoms with Gasteiger partial charge in [-0.25, -0.2) is 8.42 Å². The highest BCUT2D eigenvalue weighted by Gasteiger charge is 2.10. The zero-order valence-electron chi connectivity index (χ0n) is 14.6. The lowest BCUT2D eigenvalue weighted by atomic mass is 10.2. The average molecular weight is 397 g/mol. The van der Waals surface area contributed by atoms with E-state index in [0.717, 1.165) is 5.56 Å². The molecule has 0 aliphatic carbocycles. The minimum atomic E-state index is -3.34. The van der Waals surface area contributed by atoms with Crippen LogP contribution in [-0.2, 0) is 26.2 Å². The van der Waals surface area contributed by atoms with Crippen LogP contribution in [0, 0.1) is 6.92 Å². The van der Waals surface area contributed by atoms with Crippen LogP contribution in [0.2, 0.25) is 5.02 Å². The summed E-state index contributed by atoms with van der Waals surface area (Å²) < 4.78 is 31.1. The number of amides is 1. The molecule has 0 aliphatic rings. The van der Waals surface area contributed by atoms with Crippen molar-refractivity contribution in [1.29, 1.82) is 0 Å². The summed E-state index contributed by atoms with van der Waals surface area (Å²) in [5.41, 5.74) is 2.57. The van der Waals surface area contributed by atoms with Crippen LogP contribution >= 0.6 is 11.6 Å². The van der Waals surface area contributed by atoms with Crippen molar-refractivity contribution >= 4 is 38.9 Å². The molecule has 140 valence electrons. The predicted octanol–water partition coefficient (Wildman–Crippen LogP) is 3.57. The molecule has 0 saturated heterocycles. The van der Waals surface area contributed by atoms with E-state index in [0.29, 0.717) is 22.0 Å². The second kappa shape index (κ2) is 9.02. The Bertz CT molecular complexity index is 885. The number of ether oxygens (including phenoxy) is 1. The number of benzene rings is 2. The van der Waals surface area contributed by atoms with Crippen LogP contribution in [0.25, 0.3) is 0 Å². The van der Waals surface area contributed by atoms with Crippen molar-refractivity contribution in [1.82, 2.24) is 0 Å². The Kier molecular flexibility index (Phi) is 7.02. The molecule has 0 radical (unpaired) electrons. The van der Waals surface area contributed by atoms with Gasteiger partial charge in [0.25, 0.3) is 0 Å². The van der Waals surface area contributed by atoms with Gasteiger partial charge in [-0.05, 0) is 49.2 Å². The fourth-order valence-corrected chi connectivity index (χ4v) is 3.06. The van der Waals surface area contributed by atoms with Crippen molar-refractivity contribution in [2.75, 3.05) is 22.4 Å². The lowest BCUT2D eigenvalue weighted by Crippen LogP contribution is -2.19. The van der Waals surface area contributed by atoms with Crippen LogP contribution in [0.15, 0.2) is 42.5 Å². The second-order valence-electron chi connectivity index (χ2n) is 5.67. The summed E-state index contributed by atoms with van der Waals surface area (Å²) in [6.07, 6.45) is 0. The summed E-state index contributed by atoms with van der Waals surface area (Å²) in [5.74, 6) is -0.313. The van der Waals surface area contributed by atoms with E-state index < -0.39 is 10.0 Å². The van der Waals surface area contributed by atoms with Crippen molar-refractivity contribution < 1.29 is 17.9 Å². The Morgan fingerprint density at radius 2 is 1.92 bits per heavy atom. The van der Waals surface area contributed by atoms with Crippen LogP contribution in [0.4, 0.5) is 11.4 Å². The molecule has 8 heteroatoms. The number of carbonyl (C=O) groups excluding carboxylic acids is 1. The fourth-order valence-electron chi connectivity index (χ4n) is 2.16. The first-order valence-electron chi connectivity index (χ1n) is 8.03. The number of carbonyl (C=O) groups is 1. The van der Waals surface area contributed by atoms with Crippen LogP contribution in [0.1, 0.15) is 18.1 Å². The van der Waals surface area contributed by atoms with Gasteiger partial charge >= 0.3 is 0 Å². The molecule has 0 saturated carbocycles. The Morgan fingerprint density at radius 1 is 1.19 bits per heavy atom. The molecule has 0 atom stereocenters. The maximum absolute atomic E-state index is 12.0. The molecule has 0 aromatic heterocycles. The van der Waals surface area contributed by atoms with Crippen LogP contribution in [0.5, 0.6) is 0 Å². The summed E-state index contributed by atoms with van der Waals surface area (Å²) in [6.45, 7) is 3.45. The normalized spacial score (nSPS) is 11.2. The Labute approximate surface area is 158 Å². The number of nitrogens with one attached hydrogen (secondary N) is 2. The zero-order valence-corrected chi connectivity index (χ0v) is 16.2. The average Bonchev–Trinajstić information content (AvgIpc) is 2.59. The Morgan fingerprint density at radius 3 is 2.58 bits per heavy atom. The molecule has 26 heavy (non-hydrogen) atoms. The van der Waals surface area contributed by atoms with E-state index in [9.17, 15) is 13.2 Å². The molecular formula is C18H21ClN2O4S. The Hall–Kier alpha value is -2.09. The van der Waals surface area contributed by atoms with Gasteiger partial charge in [-0.2, -0.15) is 0 Å². The zero-order chi connectivity index (χ0) is 19.2. The summed E-state index contributed by atoms with van der Waals surface area (Å²) >= 11 is 6.03. The van der Waals surface area contributed by atoms with Gasteiger partial charge in [0, 0.05) is 10.7 Å². The van der Waals surface area contributed by atoms with E-state index in [2.05, 4.69) is 10.0 Å². The molecule has 0 unspecified atom stereocenters. The lowest BCUT2D eigenvalue weighted by molar-refractivity contribution is -0.121. The SMILES string of the molecule is CCS(=O)(=O)Nc1ccc(NC(=O)COCc2ccccc2Cl)cc1C. The first-order valence-corrected chi connectivity index (χ1v) is 10.1. The van der Waals surface area contributed by atoms with Gasteiger partial charge in [0.2, 0.25) is 15.9 Å². The highest BCUT2D eigenvalue weighted by Crippen LogP contribution is 2.21. The second-order valence-corrected chi connectivity index (χ2v) is 8.09. The largest absolute Gasteiger partial charge is 0.367 e. The molecule has 0 spiro atoms. The summed E-state index contributed by atoms with van der Waals surface area (Å²) in [4.78, 5) is 12.0. The minimum absolute atomic E-state index is 0.00625. The number of anilines is 2. The first-order chi connectivity index (χ1) is 12.3. The topological polar surface area (TPSA) is 84.5 Å². The summed E-state index contributed by atoms with van der Waals surface area (Å²) in [5, 5.41) is 3.30. The monoisotopic (exact) mass is 396 g/mol. The van der Waals surface area contributed by atoms with Gasteiger partial charge in [0.15, 0.2) is 0 Å². The summed E-state index contributed by atoms with van der Waals surface area (Å²) in [6, 6.07) is 12.2. The molecule has 1 amide bonds. The van der Waals surface area contributed by atoms with E-state index in [1.54, 1.807) is 38.1 Å². The van der Waals surface area contributed by atoms with Gasteiger partial charge in [0.1, 0.15) is 6.61 Å². The van der Waals surface area contributed by atoms with Gasteiger partial charge in [-0.3, -0.25) is 9.52 Å². The van der Waals surface area contributed by atoms with Crippen LogP contribution in [0.3, 0.4) is 0 Å². The Balaban J connectivity index is 1.89. The standard InChI is InChI=1S/C18H21ClN2O4S/c1-3-26(23,24)21-17-9-8-15(10-13(17)2)20-18(22)12-25-11-14-6-4-5-7-16(14)19/h4-10,21H,3,11-12H2,1-2H3,(H,20,22). The quantitative estimate of drug-likeness (QED) is 0.714. The van der Waals surface area contributed by atoms with E-state index in [1.165, 1.54) is 0 Å². The number of aryl methyl sites for hydroxylation is 1. The van der Waals surface area contributed by atoms with Crippen molar-refractivity contribution in [2.24, 2.45) is 0 Å². The van der Waals surface area contributed by atoms with E-state index in [4.69, 9.17) is 16.3 Å². The third-order valence-corrected chi connectivity index (χ3v) is 5.26. The predicted molar refractivity (Wildman–Crippen MR) is 104 cm³/mol. The third-order valence-electron chi connectivity index (χ3n) is 3.60. The number of halogens is 1. The number of sulfonamides is 1. The van der Waals surface area contributed by atoms with Gasteiger partial charge < -0.3 is 10.1 Å². The lowest BCUT2D eigenvalue weighted by Gasteiger charge is -2.12. The molecule has 0 heterocycles. The van der Waals surface area contributed by atoms with Crippen LogP contribution < -0.4 is 10.0 Å². The molecule has 2 N–H and O–H groups in total. The molecule has 6 nitrogen and oxygen atoms in total. The molecule has 0 aliphatic heterocycles. The number of hydrogen-bond acceptors (Lipinski definition) is 4. The van der Waals surface area contributed by atoms with Crippen LogP contribution in [-0.4, -0.2) is 26.7 Å². The number of hydrogen-bond donors (Lipinski definition) is 2. The van der Waals surface area contributed by atoms with E-state index >= 15 is 0 Å². The smallest absolute Gasteiger partial charge is 0.250 e. The van der Waals surface area contributed by atoms with Crippen molar-refractivity contribution in [3.63, 3.8) is 0 Å². The van der Waals surface area contributed by atoms with Crippen molar-refractivity contribution in [3.8, 4) is 0 Å².